The molecule has 0 aromatic rings. The quantitative estimate of drug-likeness (QED) is 0.655. The van der Waals surface area contributed by atoms with Crippen molar-refractivity contribution in [3.05, 3.63) is 0 Å². The van der Waals surface area contributed by atoms with Gasteiger partial charge in [-0.25, -0.2) is 0 Å². The van der Waals surface area contributed by atoms with Crippen molar-refractivity contribution in [1.82, 2.24) is 4.90 Å². The van der Waals surface area contributed by atoms with E-state index in [2.05, 4.69) is 39.6 Å². The first-order valence-corrected chi connectivity index (χ1v) is 5.60. The highest BCUT2D eigenvalue weighted by molar-refractivity contribution is 4.74. The van der Waals surface area contributed by atoms with Gasteiger partial charge in [0, 0.05) is 19.7 Å². The van der Waals surface area contributed by atoms with Crippen LogP contribution in [0.4, 0.5) is 0 Å². The molecule has 0 amide bonds. The van der Waals surface area contributed by atoms with Crippen molar-refractivity contribution in [2.45, 2.75) is 46.6 Å². The fraction of sp³-hybridized carbons (Fsp3) is 1.00. The molecule has 0 aromatic heterocycles. The molecule has 1 unspecified atom stereocenters. The molecule has 0 aliphatic carbocycles. The summed E-state index contributed by atoms with van der Waals surface area (Å²) in [4.78, 5) is 2.41. The van der Waals surface area contributed by atoms with Gasteiger partial charge < -0.3 is 9.64 Å². The van der Waals surface area contributed by atoms with E-state index in [9.17, 15) is 0 Å². The zero-order chi connectivity index (χ0) is 11.2. The predicted molar refractivity (Wildman–Crippen MR) is 62.7 cm³/mol. The molecule has 0 aromatic carbocycles. The van der Waals surface area contributed by atoms with Crippen LogP contribution in [0, 0.1) is 5.41 Å². The second kappa shape index (κ2) is 6.41. The van der Waals surface area contributed by atoms with Gasteiger partial charge in [0.25, 0.3) is 0 Å². The van der Waals surface area contributed by atoms with E-state index in [4.69, 9.17) is 4.74 Å². The molecule has 0 heterocycles. The van der Waals surface area contributed by atoms with Gasteiger partial charge in [0.15, 0.2) is 0 Å². The lowest BCUT2D eigenvalue weighted by Crippen LogP contribution is -2.36. The molecule has 1 atom stereocenters. The lowest BCUT2D eigenvalue weighted by Gasteiger charge is -2.32. The third-order valence-electron chi connectivity index (χ3n) is 2.59. The smallest absolute Gasteiger partial charge is 0.0589 e. The first kappa shape index (κ1) is 13.9. The summed E-state index contributed by atoms with van der Waals surface area (Å²) < 4.78 is 5.10. The van der Waals surface area contributed by atoms with Crippen molar-refractivity contribution in [3.8, 4) is 0 Å². The molecule has 0 fully saturated rings. The third kappa shape index (κ3) is 6.39. The molecule has 0 spiro atoms. The van der Waals surface area contributed by atoms with Crippen LogP contribution in [0.3, 0.4) is 0 Å². The third-order valence-corrected chi connectivity index (χ3v) is 2.59. The zero-order valence-electron chi connectivity index (χ0n) is 10.8. The van der Waals surface area contributed by atoms with Crippen molar-refractivity contribution in [2.24, 2.45) is 5.41 Å². The van der Waals surface area contributed by atoms with Gasteiger partial charge in [-0.15, -0.1) is 0 Å². The molecule has 86 valence electrons. The second-order valence-electron chi connectivity index (χ2n) is 5.30. The summed E-state index contributed by atoms with van der Waals surface area (Å²) in [5.74, 6) is 0. The summed E-state index contributed by atoms with van der Waals surface area (Å²) in [5.41, 5.74) is 0.419. The highest BCUT2D eigenvalue weighted by Gasteiger charge is 2.20. The Bertz CT molecular complexity index is 140. The van der Waals surface area contributed by atoms with Crippen molar-refractivity contribution in [3.63, 3.8) is 0 Å². The number of hydrogen-bond donors (Lipinski definition) is 0. The van der Waals surface area contributed by atoms with E-state index in [1.807, 2.05) is 0 Å². The van der Waals surface area contributed by atoms with Crippen molar-refractivity contribution >= 4 is 0 Å². The fourth-order valence-corrected chi connectivity index (χ4v) is 1.74. The van der Waals surface area contributed by atoms with Crippen molar-refractivity contribution in [2.75, 3.05) is 27.3 Å². The van der Waals surface area contributed by atoms with Gasteiger partial charge in [0.05, 0.1) is 6.61 Å². The van der Waals surface area contributed by atoms with Gasteiger partial charge in [-0.2, -0.15) is 0 Å². The van der Waals surface area contributed by atoms with Crippen LogP contribution in [-0.4, -0.2) is 38.3 Å². The van der Waals surface area contributed by atoms with Gasteiger partial charge >= 0.3 is 0 Å². The van der Waals surface area contributed by atoms with Crippen molar-refractivity contribution in [1.29, 1.82) is 0 Å². The van der Waals surface area contributed by atoms with Gasteiger partial charge in [-0.05, 0) is 25.3 Å². The van der Waals surface area contributed by atoms with Gasteiger partial charge in [0.2, 0.25) is 0 Å². The summed E-state index contributed by atoms with van der Waals surface area (Å²) in [5, 5.41) is 0. The van der Waals surface area contributed by atoms with E-state index >= 15 is 0 Å². The van der Waals surface area contributed by atoms with Crippen LogP contribution in [0.15, 0.2) is 0 Å². The maximum atomic E-state index is 5.10. The number of methoxy groups -OCH3 is 1. The SMILES string of the molecule is CCC(CC(C)(C)C)N(C)CCOC. The van der Waals surface area contributed by atoms with Crippen LogP contribution in [0.1, 0.15) is 40.5 Å². The molecule has 0 saturated carbocycles. The average Bonchev–Trinajstić information content (AvgIpc) is 2.08. The van der Waals surface area contributed by atoms with E-state index < -0.39 is 0 Å². The van der Waals surface area contributed by atoms with E-state index in [1.54, 1.807) is 7.11 Å². The second-order valence-corrected chi connectivity index (χ2v) is 5.30. The van der Waals surface area contributed by atoms with Crippen LogP contribution >= 0.6 is 0 Å². The van der Waals surface area contributed by atoms with Gasteiger partial charge in [-0.3, -0.25) is 0 Å². The monoisotopic (exact) mass is 201 g/mol. The normalized spacial score (nSPS) is 14.8. The Morgan fingerprint density at radius 1 is 1.29 bits per heavy atom. The van der Waals surface area contributed by atoms with Crippen molar-refractivity contribution < 1.29 is 4.74 Å². The van der Waals surface area contributed by atoms with E-state index in [0.29, 0.717) is 11.5 Å². The summed E-state index contributed by atoms with van der Waals surface area (Å²) in [6, 6.07) is 0.685. The highest BCUT2D eigenvalue weighted by Crippen LogP contribution is 2.24. The van der Waals surface area contributed by atoms with Crippen LogP contribution in [0.5, 0.6) is 0 Å². The van der Waals surface area contributed by atoms with Crippen LogP contribution in [-0.2, 0) is 4.74 Å². The molecular formula is C12H27NO. The fourth-order valence-electron chi connectivity index (χ4n) is 1.74. The lowest BCUT2D eigenvalue weighted by molar-refractivity contribution is 0.117. The van der Waals surface area contributed by atoms with Crippen LogP contribution in [0.2, 0.25) is 0 Å². The summed E-state index contributed by atoms with van der Waals surface area (Å²) in [6.07, 6.45) is 2.47. The maximum absolute atomic E-state index is 5.10. The molecule has 0 radical (unpaired) electrons. The summed E-state index contributed by atoms with van der Waals surface area (Å²) in [6.45, 7) is 11.0. The Kier molecular flexibility index (Phi) is 6.38. The molecule has 0 N–H and O–H groups in total. The molecule has 0 rings (SSSR count). The molecule has 2 nitrogen and oxygen atoms in total. The first-order chi connectivity index (χ1) is 6.40. The Morgan fingerprint density at radius 3 is 2.21 bits per heavy atom. The van der Waals surface area contributed by atoms with E-state index in [1.165, 1.54) is 12.8 Å². The summed E-state index contributed by atoms with van der Waals surface area (Å²) >= 11 is 0. The Hall–Kier alpha value is -0.0800. The minimum atomic E-state index is 0.419. The number of ether oxygens (including phenoxy) is 1. The average molecular weight is 201 g/mol. The number of likely N-dealkylation sites (N-methyl/N-ethyl adjacent to an activating group) is 1. The van der Waals surface area contributed by atoms with E-state index in [0.717, 1.165) is 13.2 Å². The van der Waals surface area contributed by atoms with Crippen LogP contribution in [0.25, 0.3) is 0 Å². The van der Waals surface area contributed by atoms with Gasteiger partial charge in [0.1, 0.15) is 0 Å². The molecule has 0 aliphatic rings. The molecule has 0 saturated heterocycles. The maximum Gasteiger partial charge on any atom is 0.0589 e. The first-order valence-electron chi connectivity index (χ1n) is 5.60. The van der Waals surface area contributed by atoms with Crippen LogP contribution < -0.4 is 0 Å². The minimum Gasteiger partial charge on any atom is -0.383 e. The standard InChI is InChI=1S/C12H27NO/c1-7-11(10-12(2,3)4)13(5)8-9-14-6/h11H,7-10H2,1-6H3. The van der Waals surface area contributed by atoms with Gasteiger partial charge in [-0.1, -0.05) is 27.7 Å². The molecule has 2 heteroatoms. The topological polar surface area (TPSA) is 12.5 Å². The number of nitrogens with zero attached hydrogens (tertiary/aromatic N) is 1. The largest absolute Gasteiger partial charge is 0.383 e. The lowest BCUT2D eigenvalue weighted by atomic mass is 9.86. The van der Waals surface area contributed by atoms with E-state index in [-0.39, 0.29) is 0 Å². The molecule has 14 heavy (non-hydrogen) atoms. The molecule has 0 bridgehead atoms. The zero-order valence-corrected chi connectivity index (χ0v) is 10.8. The minimum absolute atomic E-state index is 0.419. The molecular weight excluding hydrogens is 174 g/mol. The number of rotatable bonds is 6. The number of hydrogen-bond acceptors (Lipinski definition) is 2. The Balaban J connectivity index is 3.99. The Morgan fingerprint density at radius 2 is 1.86 bits per heavy atom. The highest BCUT2D eigenvalue weighted by atomic mass is 16.5. The molecule has 0 aliphatic heterocycles. The summed E-state index contributed by atoms with van der Waals surface area (Å²) in [7, 11) is 3.96. The predicted octanol–water partition coefficient (Wildman–Crippen LogP) is 2.78. The Labute approximate surface area is 89.6 Å².